The summed E-state index contributed by atoms with van der Waals surface area (Å²) in [7, 11) is 2.17. The van der Waals surface area contributed by atoms with Gasteiger partial charge in [-0.1, -0.05) is 30.3 Å². The van der Waals surface area contributed by atoms with E-state index in [-0.39, 0.29) is 6.61 Å². The fourth-order valence-corrected chi connectivity index (χ4v) is 6.71. The van der Waals surface area contributed by atoms with Gasteiger partial charge in [-0.25, -0.2) is 0 Å². The smallest absolute Gasteiger partial charge is 0.319 e. The van der Waals surface area contributed by atoms with Gasteiger partial charge in [-0.15, -0.1) is 0 Å². The van der Waals surface area contributed by atoms with E-state index in [1.807, 2.05) is 6.07 Å². The Bertz CT molecular complexity index is 1470. The van der Waals surface area contributed by atoms with Crippen molar-refractivity contribution in [3.8, 4) is 17.1 Å². The Kier molecular flexibility index (Phi) is 6.15. The number of piperazine rings is 1. The lowest BCUT2D eigenvalue weighted by Crippen LogP contribution is -2.52. The summed E-state index contributed by atoms with van der Waals surface area (Å²) in [5.74, 6) is 0.999. The van der Waals surface area contributed by atoms with Crippen LogP contribution in [0.15, 0.2) is 54.6 Å². The predicted octanol–water partition coefficient (Wildman–Crippen LogP) is 4.36. The highest BCUT2D eigenvalue weighted by atomic mass is 16.5. The SMILES string of the molecule is CN1CCC[C@H]1COc1nc(N2C3CCC2CNC3)c2ccc(-c3cc(CO)cc4ccccc34)cc2n1. The van der Waals surface area contributed by atoms with Gasteiger partial charge in [0.25, 0.3) is 0 Å². The number of ether oxygens (including phenoxy) is 1. The van der Waals surface area contributed by atoms with Gasteiger partial charge in [0, 0.05) is 36.6 Å². The maximum Gasteiger partial charge on any atom is 0.319 e. The summed E-state index contributed by atoms with van der Waals surface area (Å²) in [5, 5.41) is 16.9. The Hall–Kier alpha value is -3.26. The number of fused-ring (bicyclic) bond motifs is 4. The predicted molar refractivity (Wildman–Crippen MR) is 152 cm³/mol. The zero-order valence-corrected chi connectivity index (χ0v) is 21.9. The number of rotatable bonds is 6. The van der Waals surface area contributed by atoms with E-state index in [0.29, 0.717) is 30.7 Å². The summed E-state index contributed by atoms with van der Waals surface area (Å²) in [6, 6.07) is 20.8. The van der Waals surface area contributed by atoms with E-state index >= 15 is 0 Å². The topological polar surface area (TPSA) is 73.8 Å². The van der Waals surface area contributed by atoms with E-state index in [0.717, 1.165) is 64.9 Å². The summed E-state index contributed by atoms with van der Waals surface area (Å²) in [6.45, 7) is 3.72. The molecule has 196 valence electrons. The first-order chi connectivity index (χ1) is 18.7. The number of aliphatic hydroxyl groups is 1. The third kappa shape index (κ3) is 4.19. The Balaban J connectivity index is 1.34. The van der Waals surface area contributed by atoms with E-state index in [9.17, 15) is 5.11 Å². The van der Waals surface area contributed by atoms with Crippen LogP contribution in [0.3, 0.4) is 0 Å². The number of likely N-dealkylation sites (tertiary alicyclic amines) is 1. The Morgan fingerprint density at radius 1 is 0.974 bits per heavy atom. The number of anilines is 1. The minimum Gasteiger partial charge on any atom is -0.462 e. The molecule has 7 heteroatoms. The highest BCUT2D eigenvalue weighted by Gasteiger charge is 2.38. The van der Waals surface area contributed by atoms with Gasteiger partial charge in [0.1, 0.15) is 12.4 Å². The molecule has 1 aromatic heterocycles. The second kappa shape index (κ2) is 9.80. The normalized spacial score (nSPS) is 23.5. The molecule has 4 heterocycles. The van der Waals surface area contributed by atoms with Crippen molar-refractivity contribution < 1.29 is 9.84 Å². The number of likely N-dealkylation sites (N-methyl/N-ethyl adjacent to an activating group) is 1. The molecule has 3 aliphatic heterocycles. The summed E-state index contributed by atoms with van der Waals surface area (Å²) in [5.41, 5.74) is 3.99. The van der Waals surface area contributed by atoms with E-state index < -0.39 is 0 Å². The molecule has 0 aliphatic carbocycles. The zero-order valence-electron chi connectivity index (χ0n) is 21.9. The van der Waals surface area contributed by atoms with Crippen molar-refractivity contribution >= 4 is 27.5 Å². The molecule has 7 rings (SSSR count). The monoisotopic (exact) mass is 509 g/mol. The maximum atomic E-state index is 9.93. The molecule has 7 nitrogen and oxygen atoms in total. The van der Waals surface area contributed by atoms with Gasteiger partial charge in [0.2, 0.25) is 0 Å². The average molecular weight is 510 g/mol. The quantitative estimate of drug-likeness (QED) is 0.400. The van der Waals surface area contributed by atoms with Crippen LogP contribution in [0.1, 0.15) is 31.2 Å². The molecular weight excluding hydrogens is 474 g/mol. The number of hydrogen-bond donors (Lipinski definition) is 2. The fraction of sp³-hybridized carbons (Fsp3) is 0.419. The molecule has 0 saturated carbocycles. The highest BCUT2D eigenvalue weighted by molar-refractivity contribution is 6.00. The van der Waals surface area contributed by atoms with Crippen LogP contribution in [0.5, 0.6) is 6.01 Å². The van der Waals surface area contributed by atoms with Gasteiger partial charge in [-0.3, -0.25) is 0 Å². The van der Waals surface area contributed by atoms with Crippen LogP contribution in [0.25, 0.3) is 32.8 Å². The number of nitrogens with one attached hydrogen (secondary N) is 1. The van der Waals surface area contributed by atoms with Gasteiger partial charge in [-0.2, -0.15) is 9.97 Å². The first-order valence-electron chi connectivity index (χ1n) is 13.9. The largest absolute Gasteiger partial charge is 0.462 e. The number of nitrogens with zero attached hydrogens (tertiary/aromatic N) is 4. The summed E-state index contributed by atoms with van der Waals surface area (Å²) < 4.78 is 6.30. The molecule has 0 amide bonds. The molecule has 2 unspecified atom stereocenters. The van der Waals surface area contributed by atoms with Crippen LogP contribution < -0.4 is 15.0 Å². The highest BCUT2D eigenvalue weighted by Crippen LogP contribution is 2.38. The van der Waals surface area contributed by atoms with Crippen LogP contribution in [-0.2, 0) is 6.61 Å². The Morgan fingerprint density at radius 3 is 2.61 bits per heavy atom. The van der Waals surface area contributed by atoms with Gasteiger partial charge in [0.05, 0.1) is 12.1 Å². The third-order valence-corrected chi connectivity index (χ3v) is 8.77. The summed E-state index contributed by atoms with van der Waals surface area (Å²) in [4.78, 5) is 14.9. The van der Waals surface area contributed by atoms with Gasteiger partial charge in [0.15, 0.2) is 0 Å². The van der Waals surface area contributed by atoms with E-state index in [4.69, 9.17) is 14.7 Å². The Morgan fingerprint density at radius 2 is 1.82 bits per heavy atom. The number of aliphatic hydroxyl groups excluding tert-OH is 1. The van der Waals surface area contributed by atoms with Crippen molar-refractivity contribution in [1.29, 1.82) is 0 Å². The molecule has 3 saturated heterocycles. The van der Waals surface area contributed by atoms with Crippen LogP contribution in [0, 0.1) is 0 Å². The van der Waals surface area contributed by atoms with Crippen molar-refractivity contribution in [3.05, 3.63) is 60.2 Å². The van der Waals surface area contributed by atoms with Gasteiger partial charge >= 0.3 is 6.01 Å². The third-order valence-electron chi connectivity index (χ3n) is 8.77. The lowest BCUT2D eigenvalue weighted by molar-refractivity contribution is 0.188. The molecule has 3 aliphatic rings. The Labute approximate surface area is 223 Å². The molecule has 3 atom stereocenters. The van der Waals surface area contributed by atoms with E-state index in [1.165, 1.54) is 24.6 Å². The molecule has 2 bridgehead atoms. The lowest BCUT2D eigenvalue weighted by Gasteiger charge is -2.37. The molecule has 0 spiro atoms. The average Bonchev–Trinajstić information content (AvgIpc) is 3.47. The van der Waals surface area contributed by atoms with Gasteiger partial charge < -0.3 is 25.0 Å². The second-order valence-corrected chi connectivity index (χ2v) is 11.1. The lowest BCUT2D eigenvalue weighted by atomic mass is 9.95. The number of aromatic nitrogens is 2. The van der Waals surface area contributed by atoms with Crippen molar-refractivity contribution in [1.82, 2.24) is 20.2 Å². The van der Waals surface area contributed by atoms with Crippen LogP contribution in [0.4, 0.5) is 5.82 Å². The van der Waals surface area contributed by atoms with Crippen molar-refractivity contribution in [3.63, 3.8) is 0 Å². The van der Waals surface area contributed by atoms with Crippen LogP contribution in [-0.4, -0.2) is 71.4 Å². The molecular formula is C31H35N5O2. The standard InChI is InChI=1S/C31H35N5O2/c1-35-12-4-6-25(35)19-38-31-33-29-15-22(28-14-20(18-37)13-21-5-2-3-7-26(21)28)8-11-27(29)30(34-31)36-23-9-10-24(36)17-32-16-23/h2-3,5,7-8,11,13-15,23-25,32,37H,4,6,9-10,12,16-19H2,1H3/t23?,24?,25-/m0/s1. The van der Waals surface area contributed by atoms with Gasteiger partial charge in [-0.05, 0) is 91.0 Å². The summed E-state index contributed by atoms with van der Waals surface area (Å²) >= 11 is 0. The molecule has 38 heavy (non-hydrogen) atoms. The van der Waals surface area contributed by atoms with Crippen molar-refractivity contribution in [2.45, 2.75) is 50.4 Å². The first kappa shape index (κ1) is 23.8. The molecule has 2 N–H and O–H groups in total. The summed E-state index contributed by atoms with van der Waals surface area (Å²) in [6.07, 6.45) is 4.73. The first-order valence-corrected chi connectivity index (χ1v) is 13.9. The van der Waals surface area contributed by atoms with E-state index in [2.05, 4.69) is 70.7 Å². The minimum absolute atomic E-state index is 0.0110. The molecule has 3 aromatic carbocycles. The fourth-order valence-electron chi connectivity index (χ4n) is 6.71. The van der Waals surface area contributed by atoms with E-state index in [1.54, 1.807) is 0 Å². The second-order valence-electron chi connectivity index (χ2n) is 11.1. The maximum absolute atomic E-state index is 9.93. The van der Waals surface area contributed by atoms with Crippen molar-refractivity contribution in [2.24, 2.45) is 0 Å². The molecule has 4 aromatic rings. The number of benzene rings is 3. The van der Waals surface area contributed by atoms with Crippen LogP contribution >= 0.6 is 0 Å². The minimum atomic E-state index is 0.0110. The van der Waals surface area contributed by atoms with Crippen LogP contribution in [0.2, 0.25) is 0 Å². The zero-order chi connectivity index (χ0) is 25.6. The number of hydrogen-bond acceptors (Lipinski definition) is 7. The molecule has 0 radical (unpaired) electrons. The van der Waals surface area contributed by atoms with Crippen molar-refractivity contribution in [2.75, 3.05) is 38.2 Å². The molecule has 3 fully saturated rings.